The fourth-order valence-electron chi connectivity index (χ4n) is 3.66. The van der Waals surface area contributed by atoms with Crippen LogP contribution in [0.15, 0.2) is 72.8 Å². The predicted molar refractivity (Wildman–Crippen MR) is 135 cm³/mol. The minimum atomic E-state index is -0.649. The summed E-state index contributed by atoms with van der Waals surface area (Å²) in [6, 6.07) is 22.3. The molecule has 0 saturated heterocycles. The first-order valence-electron chi connectivity index (χ1n) is 11.0. The maximum atomic E-state index is 13.6. The highest BCUT2D eigenvalue weighted by molar-refractivity contribution is 6.42. The number of carbonyl (C=O) groups excluding carboxylic acids is 2. The van der Waals surface area contributed by atoms with Crippen molar-refractivity contribution in [3.05, 3.63) is 105 Å². The molecule has 0 aliphatic rings. The third-order valence-electron chi connectivity index (χ3n) is 5.43. The van der Waals surface area contributed by atoms with Crippen molar-refractivity contribution in [3.63, 3.8) is 0 Å². The Hall–Kier alpha value is -2.82. The second-order valence-electron chi connectivity index (χ2n) is 8.03. The van der Waals surface area contributed by atoms with Gasteiger partial charge in [-0.2, -0.15) is 0 Å². The smallest absolute Gasteiger partial charge is 0.243 e. The van der Waals surface area contributed by atoms with Crippen molar-refractivity contribution < 1.29 is 9.59 Å². The highest BCUT2D eigenvalue weighted by Gasteiger charge is 2.30. The minimum Gasteiger partial charge on any atom is -0.355 e. The fourth-order valence-corrected chi connectivity index (χ4v) is 3.98. The van der Waals surface area contributed by atoms with Crippen LogP contribution in [0.5, 0.6) is 0 Å². The third kappa shape index (κ3) is 7.08. The van der Waals surface area contributed by atoms with E-state index in [2.05, 4.69) is 5.32 Å². The number of nitrogens with zero attached hydrogens (tertiary/aromatic N) is 1. The van der Waals surface area contributed by atoms with E-state index < -0.39 is 6.04 Å². The van der Waals surface area contributed by atoms with E-state index in [4.69, 9.17) is 23.2 Å². The fraction of sp³-hybridized carbons (Fsp3) is 0.259. The molecule has 0 aromatic heterocycles. The van der Waals surface area contributed by atoms with Crippen LogP contribution in [0.25, 0.3) is 0 Å². The molecule has 0 aliphatic carbocycles. The van der Waals surface area contributed by atoms with Gasteiger partial charge < -0.3 is 10.2 Å². The van der Waals surface area contributed by atoms with Gasteiger partial charge in [-0.15, -0.1) is 0 Å². The van der Waals surface area contributed by atoms with Crippen molar-refractivity contribution in [2.24, 2.45) is 0 Å². The zero-order valence-corrected chi connectivity index (χ0v) is 20.4. The van der Waals surface area contributed by atoms with Crippen molar-refractivity contribution in [3.8, 4) is 0 Å². The molecule has 2 amide bonds. The van der Waals surface area contributed by atoms with Crippen LogP contribution >= 0.6 is 23.2 Å². The molecule has 3 aromatic rings. The van der Waals surface area contributed by atoms with Crippen molar-refractivity contribution >= 4 is 35.0 Å². The van der Waals surface area contributed by atoms with E-state index in [-0.39, 0.29) is 18.2 Å². The molecule has 3 rings (SSSR count). The van der Waals surface area contributed by atoms with Crippen LogP contribution in [0.4, 0.5) is 0 Å². The minimum absolute atomic E-state index is 0.118. The van der Waals surface area contributed by atoms with Gasteiger partial charge >= 0.3 is 0 Å². The van der Waals surface area contributed by atoms with Gasteiger partial charge in [-0.25, -0.2) is 0 Å². The molecule has 172 valence electrons. The van der Waals surface area contributed by atoms with Gasteiger partial charge in [-0.1, -0.05) is 89.4 Å². The van der Waals surface area contributed by atoms with E-state index in [1.54, 1.807) is 23.1 Å². The Morgan fingerprint density at radius 3 is 2.18 bits per heavy atom. The van der Waals surface area contributed by atoms with Crippen LogP contribution in [0.1, 0.15) is 29.2 Å². The van der Waals surface area contributed by atoms with Crippen LogP contribution < -0.4 is 5.32 Å². The summed E-state index contributed by atoms with van der Waals surface area (Å²) in [4.78, 5) is 28.4. The van der Waals surface area contributed by atoms with Gasteiger partial charge in [0.15, 0.2) is 0 Å². The molecule has 1 unspecified atom stereocenters. The van der Waals surface area contributed by atoms with Gasteiger partial charge in [0.25, 0.3) is 0 Å². The second kappa shape index (κ2) is 11.9. The van der Waals surface area contributed by atoms with Gasteiger partial charge in [0.05, 0.1) is 16.5 Å². The first-order valence-corrected chi connectivity index (χ1v) is 11.7. The van der Waals surface area contributed by atoms with E-state index >= 15 is 0 Å². The Morgan fingerprint density at radius 1 is 0.879 bits per heavy atom. The van der Waals surface area contributed by atoms with E-state index in [0.29, 0.717) is 29.6 Å². The summed E-state index contributed by atoms with van der Waals surface area (Å²) in [5.74, 6) is -0.322. The average Bonchev–Trinajstić information content (AvgIpc) is 2.80. The molecule has 0 bridgehead atoms. The number of aryl methyl sites for hydroxylation is 1. The van der Waals surface area contributed by atoms with Crippen LogP contribution in [0, 0.1) is 6.92 Å². The molecule has 1 N–H and O–H groups in total. The van der Waals surface area contributed by atoms with Crippen LogP contribution in [0.3, 0.4) is 0 Å². The van der Waals surface area contributed by atoms with Crippen molar-refractivity contribution in [2.75, 3.05) is 6.54 Å². The second-order valence-corrected chi connectivity index (χ2v) is 8.85. The zero-order valence-electron chi connectivity index (χ0n) is 18.9. The summed E-state index contributed by atoms with van der Waals surface area (Å²) < 4.78 is 0. The SMILES string of the molecule is CCNC(=O)C(Cc1ccccc1)N(Cc1ccc(C)cc1)C(=O)Cc1ccc(Cl)c(Cl)c1. The summed E-state index contributed by atoms with van der Waals surface area (Å²) in [5, 5.41) is 3.74. The lowest BCUT2D eigenvalue weighted by Gasteiger charge is -2.31. The summed E-state index contributed by atoms with van der Waals surface area (Å²) >= 11 is 12.2. The highest BCUT2D eigenvalue weighted by Crippen LogP contribution is 2.24. The van der Waals surface area contributed by atoms with E-state index in [1.165, 1.54) is 0 Å². The largest absolute Gasteiger partial charge is 0.355 e. The predicted octanol–water partition coefficient (Wildman–Crippen LogP) is 5.62. The normalized spacial score (nSPS) is 11.6. The Morgan fingerprint density at radius 2 is 1.55 bits per heavy atom. The molecular weight excluding hydrogens is 455 g/mol. The van der Waals surface area contributed by atoms with Gasteiger partial charge in [0, 0.05) is 19.5 Å². The highest BCUT2D eigenvalue weighted by atomic mass is 35.5. The lowest BCUT2D eigenvalue weighted by Crippen LogP contribution is -2.50. The molecule has 0 radical (unpaired) electrons. The average molecular weight is 483 g/mol. The molecular formula is C27H28Cl2N2O2. The first kappa shape index (κ1) is 24.8. The Bertz CT molecular complexity index is 1090. The van der Waals surface area contributed by atoms with Gasteiger partial charge in [-0.3, -0.25) is 9.59 Å². The van der Waals surface area contributed by atoms with Gasteiger partial charge in [-0.05, 0) is 42.7 Å². The summed E-state index contributed by atoms with van der Waals surface area (Å²) in [5.41, 5.74) is 3.84. The van der Waals surface area contributed by atoms with Crippen molar-refractivity contribution in [2.45, 2.75) is 39.3 Å². The molecule has 0 fully saturated rings. The lowest BCUT2D eigenvalue weighted by atomic mass is 10.0. The van der Waals surface area contributed by atoms with E-state index in [9.17, 15) is 9.59 Å². The van der Waals surface area contributed by atoms with Crippen LogP contribution in [-0.4, -0.2) is 29.3 Å². The third-order valence-corrected chi connectivity index (χ3v) is 6.17. The van der Waals surface area contributed by atoms with Crippen LogP contribution in [-0.2, 0) is 29.0 Å². The summed E-state index contributed by atoms with van der Waals surface area (Å²) in [6.07, 6.45) is 0.541. The quantitative estimate of drug-likeness (QED) is 0.430. The number of likely N-dealkylation sites (N-methyl/N-ethyl adjacent to an activating group) is 1. The standard InChI is InChI=1S/C27H28Cl2N2O2/c1-3-30-27(33)25(16-20-7-5-4-6-8-20)31(18-21-11-9-19(2)10-12-21)26(32)17-22-13-14-23(28)24(29)15-22/h4-15,25H,3,16-18H2,1-2H3,(H,30,33). The number of halogens is 2. The van der Waals surface area contributed by atoms with Gasteiger partial charge in [0.1, 0.15) is 6.04 Å². The molecule has 1 atom stereocenters. The molecule has 0 heterocycles. The number of nitrogens with one attached hydrogen (secondary N) is 1. The molecule has 0 spiro atoms. The Labute approximate surface area is 205 Å². The maximum absolute atomic E-state index is 13.6. The molecule has 0 saturated carbocycles. The zero-order chi connectivity index (χ0) is 23.8. The molecule has 4 nitrogen and oxygen atoms in total. The topological polar surface area (TPSA) is 49.4 Å². The number of carbonyl (C=O) groups is 2. The lowest BCUT2D eigenvalue weighted by molar-refractivity contribution is -0.140. The number of benzene rings is 3. The number of hydrogen-bond acceptors (Lipinski definition) is 2. The molecule has 0 aliphatic heterocycles. The molecule has 6 heteroatoms. The molecule has 3 aromatic carbocycles. The monoisotopic (exact) mass is 482 g/mol. The van der Waals surface area contributed by atoms with E-state index in [0.717, 1.165) is 22.3 Å². The van der Waals surface area contributed by atoms with Crippen molar-refractivity contribution in [1.29, 1.82) is 0 Å². The van der Waals surface area contributed by atoms with Crippen molar-refractivity contribution in [1.82, 2.24) is 10.2 Å². The summed E-state index contributed by atoms with van der Waals surface area (Å²) in [7, 11) is 0. The maximum Gasteiger partial charge on any atom is 0.243 e. The Balaban J connectivity index is 1.95. The first-order chi connectivity index (χ1) is 15.9. The number of amides is 2. The van der Waals surface area contributed by atoms with Gasteiger partial charge in [0.2, 0.25) is 11.8 Å². The Kier molecular flexibility index (Phi) is 8.93. The van der Waals surface area contributed by atoms with E-state index in [1.807, 2.05) is 68.4 Å². The summed E-state index contributed by atoms with van der Waals surface area (Å²) in [6.45, 7) is 4.71. The number of hydrogen-bond donors (Lipinski definition) is 1. The number of rotatable bonds is 9. The van der Waals surface area contributed by atoms with Crippen LogP contribution in [0.2, 0.25) is 10.0 Å². The molecule has 33 heavy (non-hydrogen) atoms.